The third kappa shape index (κ3) is 3.79. The molecule has 1 amide bonds. The molecule has 9 nitrogen and oxygen atoms in total. The maximum absolute atomic E-state index is 12.9. The van der Waals surface area contributed by atoms with Crippen LogP contribution in [-0.2, 0) is 0 Å². The highest BCUT2D eigenvalue weighted by molar-refractivity contribution is 6.06. The molecule has 2 N–H and O–H groups in total. The molecule has 0 atom stereocenters. The van der Waals surface area contributed by atoms with Gasteiger partial charge in [0.15, 0.2) is 0 Å². The minimum absolute atomic E-state index is 0.0416. The van der Waals surface area contributed by atoms with Crippen molar-refractivity contribution in [1.82, 2.24) is 0 Å². The van der Waals surface area contributed by atoms with Crippen LogP contribution in [0.3, 0.4) is 0 Å². The Morgan fingerprint density at radius 3 is 1.84 bits per heavy atom. The van der Waals surface area contributed by atoms with Crippen LogP contribution >= 0.6 is 0 Å². The highest BCUT2D eigenvalue weighted by Gasteiger charge is 2.51. The number of nitro benzene ring substituents is 2. The van der Waals surface area contributed by atoms with Crippen molar-refractivity contribution in [1.29, 1.82) is 0 Å². The monoisotopic (exact) mass is 436 g/mol. The van der Waals surface area contributed by atoms with Gasteiger partial charge in [-0.25, -0.2) is 0 Å². The Morgan fingerprint density at radius 2 is 1.34 bits per heavy atom. The van der Waals surface area contributed by atoms with Gasteiger partial charge in [0.25, 0.3) is 17.3 Å². The second-order valence-electron chi connectivity index (χ2n) is 9.57. The van der Waals surface area contributed by atoms with Crippen molar-refractivity contribution in [3.63, 3.8) is 0 Å². The maximum atomic E-state index is 12.9. The molecule has 4 aliphatic rings. The molecule has 32 heavy (non-hydrogen) atoms. The second kappa shape index (κ2) is 7.58. The Kier molecular flexibility index (Phi) is 4.83. The number of nitrogens with one attached hydrogen (secondary N) is 2. The predicted octanol–water partition coefficient (Wildman–Crippen LogP) is 5.14. The molecule has 0 aromatic heterocycles. The van der Waals surface area contributed by atoms with E-state index in [-0.39, 0.29) is 11.1 Å². The number of nitrogens with zero attached hydrogens (tertiary/aromatic N) is 2. The molecule has 0 aliphatic heterocycles. The van der Waals surface area contributed by atoms with Crippen molar-refractivity contribution < 1.29 is 14.6 Å². The molecule has 2 aromatic rings. The summed E-state index contributed by atoms with van der Waals surface area (Å²) >= 11 is 0. The lowest BCUT2D eigenvalue weighted by atomic mass is 9.53. The van der Waals surface area contributed by atoms with Crippen molar-refractivity contribution in [3.8, 4) is 0 Å². The van der Waals surface area contributed by atoms with Gasteiger partial charge in [-0.15, -0.1) is 0 Å². The van der Waals surface area contributed by atoms with Gasteiger partial charge >= 0.3 is 0 Å². The quantitative estimate of drug-likeness (QED) is 0.477. The average Bonchev–Trinajstić information content (AvgIpc) is 2.73. The molecule has 0 radical (unpaired) electrons. The summed E-state index contributed by atoms with van der Waals surface area (Å²) in [5, 5.41) is 28.8. The standard InChI is InChI=1S/C23H24N4O5/c28-22(17-8-18(26(29)30)10-19(9-17)27(31)32)24-20-3-1-2-4-21(20)25-23-11-14-5-15(12-23)7-16(6-14)13-23/h1-4,8-10,14-16,25H,5-7,11-13H2,(H,24,28). The van der Waals surface area contributed by atoms with Gasteiger partial charge in [0.05, 0.1) is 32.9 Å². The fourth-order valence-corrected chi connectivity index (χ4v) is 6.38. The number of carbonyl (C=O) groups is 1. The SMILES string of the molecule is O=C(Nc1ccccc1NC12CC3CC(CC(C3)C1)C2)c1cc([N+](=O)[O-])cc([N+](=O)[O-])c1. The molecule has 4 bridgehead atoms. The van der Waals surface area contributed by atoms with Crippen LogP contribution in [0.25, 0.3) is 0 Å². The van der Waals surface area contributed by atoms with Crippen molar-refractivity contribution in [2.24, 2.45) is 17.8 Å². The molecule has 0 heterocycles. The summed E-state index contributed by atoms with van der Waals surface area (Å²) in [5.74, 6) is 1.67. The molecule has 0 unspecified atom stereocenters. The van der Waals surface area contributed by atoms with E-state index in [9.17, 15) is 25.0 Å². The summed E-state index contributed by atoms with van der Waals surface area (Å²) in [6.07, 6.45) is 7.38. The van der Waals surface area contributed by atoms with Crippen molar-refractivity contribution in [2.75, 3.05) is 10.6 Å². The molecule has 4 saturated carbocycles. The van der Waals surface area contributed by atoms with Gasteiger partial charge in [-0.05, 0) is 68.4 Å². The summed E-state index contributed by atoms with van der Waals surface area (Å²) in [6.45, 7) is 0. The fourth-order valence-electron chi connectivity index (χ4n) is 6.38. The van der Waals surface area contributed by atoms with E-state index in [0.717, 1.165) is 60.9 Å². The van der Waals surface area contributed by atoms with Crippen LogP contribution in [0.5, 0.6) is 0 Å². The van der Waals surface area contributed by atoms with Gasteiger partial charge in [-0.1, -0.05) is 12.1 Å². The summed E-state index contributed by atoms with van der Waals surface area (Å²) in [4.78, 5) is 33.7. The summed E-state index contributed by atoms with van der Waals surface area (Å²) < 4.78 is 0. The van der Waals surface area contributed by atoms with Gasteiger partial charge in [0.1, 0.15) is 0 Å². The number of benzene rings is 2. The Hall–Kier alpha value is -3.49. The maximum Gasteiger partial charge on any atom is 0.277 e. The molecule has 166 valence electrons. The largest absolute Gasteiger partial charge is 0.378 e. The molecular formula is C23H24N4O5. The van der Waals surface area contributed by atoms with Gasteiger partial charge in [0.2, 0.25) is 0 Å². The smallest absolute Gasteiger partial charge is 0.277 e. The number of hydrogen-bond acceptors (Lipinski definition) is 6. The normalized spacial score (nSPS) is 27.7. The highest BCUT2D eigenvalue weighted by atomic mass is 16.6. The second-order valence-corrected chi connectivity index (χ2v) is 9.57. The number of amides is 1. The first kappa shape index (κ1) is 20.4. The Bertz CT molecular complexity index is 1050. The van der Waals surface area contributed by atoms with E-state index < -0.39 is 27.1 Å². The lowest BCUT2D eigenvalue weighted by Crippen LogP contribution is -2.54. The molecule has 0 saturated heterocycles. The number of anilines is 2. The third-order valence-corrected chi connectivity index (χ3v) is 7.20. The molecular weight excluding hydrogens is 412 g/mol. The Balaban J connectivity index is 1.40. The highest BCUT2D eigenvalue weighted by Crippen LogP contribution is 2.56. The van der Waals surface area contributed by atoms with Crippen LogP contribution in [0, 0.1) is 38.0 Å². The van der Waals surface area contributed by atoms with E-state index >= 15 is 0 Å². The number of carbonyl (C=O) groups excluding carboxylic acids is 1. The Labute approximate surface area is 184 Å². The van der Waals surface area contributed by atoms with E-state index in [0.29, 0.717) is 5.69 Å². The third-order valence-electron chi connectivity index (χ3n) is 7.20. The minimum Gasteiger partial charge on any atom is -0.378 e. The van der Waals surface area contributed by atoms with Crippen molar-refractivity contribution >= 4 is 28.7 Å². The number of hydrogen-bond donors (Lipinski definition) is 2. The lowest BCUT2D eigenvalue weighted by Gasteiger charge is -2.57. The molecule has 6 rings (SSSR count). The van der Waals surface area contributed by atoms with E-state index in [2.05, 4.69) is 10.6 Å². The average molecular weight is 436 g/mol. The summed E-state index contributed by atoms with van der Waals surface area (Å²) in [5.41, 5.74) is 0.286. The number of non-ortho nitro benzene ring substituents is 2. The van der Waals surface area contributed by atoms with Crippen LogP contribution < -0.4 is 10.6 Å². The van der Waals surface area contributed by atoms with Crippen LogP contribution in [0.2, 0.25) is 0 Å². The van der Waals surface area contributed by atoms with Crippen molar-refractivity contribution in [2.45, 2.75) is 44.1 Å². The lowest BCUT2D eigenvalue weighted by molar-refractivity contribution is -0.394. The number of para-hydroxylation sites is 2. The first-order valence-corrected chi connectivity index (χ1v) is 10.9. The van der Waals surface area contributed by atoms with E-state index in [1.165, 1.54) is 19.3 Å². The van der Waals surface area contributed by atoms with Crippen LogP contribution in [0.1, 0.15) is 48.9 Å². The zero-order valence-corrected chi connectivity index (χ0v) is 17.5. The summed E-state index contributed by atoms with van der Waals surface area (Å²) in [7, 11) is 0. The van der Waals surface area contributed by atoms with Gasteiger partial charge in [-0.3, -0.25) is 25.0 Å². The zero-order chi connectivity index (χ0) is 22.5. The fraction of sp³-hybridized carbons (Fsp3) is 0.435. The van der Waals surface area contributed by atoms with Crippen molar-refractivity contribution in [3.05, 3.63) is 68.3 Å². The molecule has 0 spiro atoms. The van der Waals surface area contributed by atoms with Crippen LogP contribution in [-0.4, -0.2) is 21.3 Å². The number of nitro groups is 2. The summed E-state index contributed by atoms with van der Waals surface area (Å²) in [6, 6.07) is 10.3. The predicted molar refractivity (Wildman–Crippen MR) is 119 cm³/mol. The van der Waals surface area contributed by atoms with Gasteiger partial charge in [0, 0.05) is 17.7 Å². The van der Waals surface area contributed by atoms with Crippen LogP contribution in [0.4, 0.5) is 22.7 Å². The topological polar surface area (TPSA) is 127 Å². The molecule has 4 fully saturated rings. The first-order valence-electron chi connectivity index (χ1n) is 10.9. The molecule has 4 aliphatic carbocycles. The van der Waals surface area contributed by atoms with Gasteiger partial charge < -0.3 is 10.6 Å². The van der Waals surface area contributed by atoms with E-state index in [1.54, 1.807) is 12.1 Å². The Morgan fingerprint density at radius 1 is 0.844 bits per heavy atom. The minimum atomic E-state index is -0.744. The molecule has 2 aromatic carbocycles. The van der Waals surface area contributed by atoms with E-state index in [1.807, 2.05) is 12.1 Å². The van der Waals surface area contributed by atoms with Gasteiger partial charge in [-0.2, -0.15) is 0 Å². The number of rotatable bonds is 6. The molecule has 9 heteroatoms. The van der Waals surface area contributed by atoms with E-state index in [4.69, 9.17) is 0 Å². The van der Waals surface area contributed by atoms with Crippen LogP contribution in [0.15, 0.2) is 42.5 Å². The first-order chi connectivity index (χ1) is 15.3. The zero-order valence-electron chi connectivity index (χ0n) is 17.5.